The van der Waals surface area contributed by atoms with Crippen LogP contribution in [-0.4, -0.2) is 9.49 Å². The van der Waals surface area contributed by atoms with Crippen molar-refractivity contribution in [3.8, 4) is 11.8 Å². The van der Waals surface area contributed by atoms with Crippen molar-refractivity contribution in [1.82, 2.24) is 4.57 Å². The van der Waals surface area contributed by atoms with E-state index in [1.807, 2.05) is 6.07 Å². The van der Waals surface area contributed by atoms with Crippen LogP contribution in [0.4, 0.5) is 5.69 Å². The second kappa shape index (κ2) is 4.10. The van der Waals surface area contributed by atoms with Crippen molar-refractivity contribution >= 4 is 5.69 Å². The number of hydrogen-bond acceptors (Lipinski definition) is 3. The average molecular weight is 227 g/mol. The lowest BCUT2D eigenvalue weighted by Gasteiger charge is -2.06. The molecule has 0 spiro atoms. The fourth-order valence-corrected chi connectivity index (χ4v) is 1.67. The molecule has 5 heteroatoms. The van der Waals surface area contributed by atoms with Crippen LogP contribution in [0.3, 0.4) is 0 Å². The normalized spacial score (nSPS) is 9.88. The van der Waals surface area contributed by atoms with Crippen LogP contribution in [-0.2, 0) is 0 Å². The Hall–Kier alpha value is -2.61. The van der Waals surface area contributed by atoms with Gasteiger partial charge in [0, 0.05) is 12.3 Å². The fourth-order valence-electron chi connectivity index (χ4n) is 1.67. The molecule has 0 unspecified atom stereocenters. The van der Waals surface area contributed by atoms with Gasteiger partial charge in [-0.1, -0.05) is 6.07 Å². The molecule has 2 aromatic rings. The summed E-state index contributed by atoms with van der Waals surface area (Å²) >= 11 is 0. The van der Waals surface area contributed by atoms with Crippen molar-refractivity contribution in [1.29, 1.82) is 5.26 Å². The van der Waals surface area contributed by atoms with E-state index < -0.39 is 4.92 Å². The predicted molar refractivity (Wildman–Crippen MR) is 61.9 cm³/mol. The first-order valence-corrected chi connectivity index (χ1v) is 4.96. The molecule has 0 aliphatic rings. The van der Waals surface area contributed by atoms with E-state index in [1.165, 1.54) is 10.6 Å². The number of nitriles is 1. The zero-order valence-corrected chi connectivity index (χ0v) is 9.12. The first kappa shape index (κ1) is 10.9. The average Bonchev–Trinajstić information content (AvgIpc) is 2.76. The van der Waals surface area contributed by atoms with Crippen LogP contribution in [0.1, 0.15) is 11.3 Å². The SMILES string of the molecule is Cc1ccc(-n2cccc2C#N)c([N+](=O)[O-])c1. The third kappa shape index (κ3) is 1.88. The van der Waals surface area contributed by atoms with Gasteiger partial charge in [0.05, 0.1) is 4.92 Å². The molecule has 0 amide bonds. The number of nitro benzene ring substituents is 1. The number of aromatic nitrogens is 1. The molecule has 2 rings (SSSR count). The van der Waals surface area contributed by atoms with Gasteiger partial charge >= 0.3 is 0 Å². The number of nitro groups is 1. The summed E-state index contributed by atoms with van der Waals surface area (Å²) in [5.74, 6) is 0. The quantitative estimate of drug-likeness (QED) is 0.584. The third-order valence-corrected chi connectivity index (χ3v) is 2.45. The summed E-state index contributed by atoms with van der Waals surface area (Å²) in [7, 11) is 0. The van der Waals surface area contributed by atoms with Gasteiger partial charge in [-0.3, -0.25) is 10.1 Å². The molecule has 0 saturated carbocycles. The van der Waals surface area contributed by atoms with E-state index in [0.29, 0.717) is 11.4 Å². The molecule has 0 atom stereocenters. The van der Waals surface area contributed by atoms with Crippen molar-refractivity contribution in [2.75, 3.05) is 0 Å². The zero-order chi connectivity index (χ0) is 12.4. The zero-order valence-electron chi connectivity index (χ0n) is 9.12. The van der Waals surface area contributed by atoms with Gasteiger partial charge in [0.15, 0.2) is 0 Å². The van der Waals surface area contributed by atoms with Crippen LogP contribution in [0.2, 0.25) is 0 Å². The smallest absolute Gasteiger partial charge is 0.293 e. The first-order valence-electron chi connectivity index (χ1n) is 4.96. The molecule has 84 valence electrons. The fraction of sp³-hybridized carbons (Fsp3) is 0.0833. The number of rotatable bonds is 2. The third-order valence-electron chi connectivity index (χ3n) is 2.45. The molecule has 0 saturated heterocycles. The highest BCUT2D eigenvalue weighted by Gasteiger charge is 2.16. The highest BCUT2D eigenvalue weighted by molar-refractivity contribution is 5.56. The van der Waals surface area contributed by atoms with E-state index in [1.54, 1.807) is 37.4 Å². The van der Waals surface area contributed by atoms with Crippen LogP contribution in [0.5, 0.6) is 0 Å². The summed E-state index contributed by atoms with van der Waals surface area (Å²) in [6, 6.07) is 10.2. The molecule has 0 N–H and O–H groups in total. The molecule has 1 aromatic carbocycles. The lowest BCUT2D eigenvalue weighted by molar-refractivity contribution is -0.384. The van der Waals surface area contributed by atoms with Gasteiger partial charge in [-0.2, -0.15) is 5.26 Å². The van der Waals surface area contributed by atoms with Gasteiger partial charge in [-0.25, -0.2) is 0 Å². The predicted octanol–water partition coefficient (Wildman–Crippen LogP) is 2.57. The first-order chi connectivity index (χ1) is 8.13. The van der Waals surface area contributed by atoms with Gasteiger partial charge in [0.1, 0.15) is 17.5 Å². The molecule has 0 bridgehead atoms. The summed E-state index contributed by atoms with van der Waals surface area (Å²) in [5.41, 5.74) is 1.59. The van der Waals surface area contributed by atoms with Crippen molar-refractivity contribution in [2.45, 2.75) is 6.92 Å². The molecule has 17 heavy (non-hydrogen) atoms. The molecular formula is C12H9N3O2. The second-order valence-electron chi connectivity index (χ2n) is 3.62. The van der Waals surface area contributed by atoms with Crippen molar-refractivity contribution < 1.29 is 4.92 Å². The van der Waals surface area contributed by atoms with E-state index in [-0.39, 0.29) is 5.69 Å². The maximum atomic E-state index is 11.0. The standard InChI is InChI=1S/C12H9N3O2/c1-9-4-5-11(12(7-9)15(16)17)14-6-2-3-10(14)8-13/h2-7H,1H3. The number of nitrogens with zero attached hydrogens (tertiary/aromatic N) is 3. The number of benzene rings is 1. The van der Waals surface area contributed by atoms with Gasteiger partial charge in [-0.05, 0) is 30.7 Å². The van der Waals surface area contributed by atoms with Crippen molar-refractivity contribution in [3.63, 3.8) is 0 Å². The van der Waals surface area contributed by atoms with Gasteiger partial charge < -0.3 is 4.57 Å². The largest absolute Gasteiger partial charge is 0.302 e. The van der Waals surface area contributed by atoms with Gasteiger partial charge in [0.2, 0.25) is 0 Å². The van der Waals surface area contributed by atoms with Crippen LogP contribution in [0.15, 0.2) is 36.5 Å². The summed E-state index contributed by atoms with van der Waals surface area (Å²) in [4.78, 5) is 10.5. The van der Waals surface area contributed by atoms with Crippen LogP contribution >= 0.6 is 0 Å². The van der Waals surface area contributed by atoms with E-state index >= 15 is 0 Å². The van der Waals surface area contributed by atoms with E-state index in [9.17, 15) is 10.1 Å². The summed E-state index contributed by atoms with van der Waals surface area (Å²) < 4.78 is 1.51. The lowest BCUT2D eigenvalue weighted by Crippen LogP contribution is -2.01. The Balaban J connectivity index is 2.68. The highest BCUT2D eigenvalue weighted by atomic mass is 16.6. The van der Waals surface area contributed by atoms with Crippen molar-refractivity contribution in [2.24, 2.45) is 0 Å². The van der Waals surface area contributed by atoms with Crippen LogP contribution in [0, 0.1) is 28.4 Å². The molecule has 0 fully saturated rings. The van der Waals surface area contributed by atoms with Crippen molar-refractivity contribution in [3.05, 3.63) is 57.9 Å². The van der Waals surface area contributed by atoms with Crippen LogP contribution < -0.4 is 0 Å². The van der Waals surface area contributed by atoms with E-state index in [0.717, 1.165) is 5.56 Å². The van der Waals surface area contributed by atoms with Gasteiger partial charge in [-0.15, -0.1) is 0 Å². The topological polar surface area (TPSA) is 71.9 Å². The molecule has 5 nitrogen and oxygen atoms in total. The lowest BCUT2D eigenvalue weighted by atomic mass is 10.2. The molecule has 0 radical (unpaired) electrons. The molecule has 1 heterocycles. The molecule has 0 aliphatic heterocycles. The number of aryl methyl sites for hydroxylation is 1. The Morgan fingerprint density at radius 2 is 2.18 bits per heavy atom. The minimum atomic E-state index is -0.441. The maximum absolute atomic E-state index is 11.0. The Kier molecular flexibility index (Phi) is 2.63. The summed E-state index contributed by atoms with van der Waals surface area (Å²) in [6.45, 7) is 1.79. The van der Waals surface area contributed by atoms with E-state index in [2.05, 4.69) is 0 Å². The minimum absolute atomic E-state index is 0.00213. The Morgan fingerprint density at radius 1 is 1.41 bits per heavy atom. The Labute approximate surface area is 97.7 Å². The maximum Gasteiger partial charge on any atom is 0.293 e. The Bertz CT molecular complexity index is 623. The molecule has 0 aliphatic carbocycles. The Morgan fingerprint density at radius 3 is 2.82 bits per heavy atom. The minimum Gasteiger partial charge on any atom is -0.302 e. The molecule has 1 aromatic heterocycles. The van der Waals surface area contributed by atoms with Crippen LogP contribution in [0.25, 0.3) is 5.69 Å². The monoisotopic (exact) mass is 227 g/mol. The van der Waals surface area contributed by atoms with E-state index in [4.69, 9.17) is 5.26 Å². The molecular weight excluding hydrogens is 218 g/mol. The van der Waals surface area contributed by atoms with Gasteiger partial charge in [0.25, 0.3) is 5.69 Å². The summed E-state index contributed by atoms with van der Waals surface area (Å²) in [5, 5.41) is 19.9. The summed E-state index contributed by atoms with van der Waals surface area (Å²) in [6.07, 6.45) is 1.64. The highest BCUT2D eigenvalue weighted by Crippen LogP contribution is 2.25. The second-order valence-corrected chi connectivity index (χ2v) is 3.62. The number of hydrogen-bond donors (Lipinski definition) is 0.